The van der Waals surface area contributed by atoms with Crippen LogP contribution < -0.4 is 0 Å². The van der Waals surface area contributed by atoms with Crippen LogP contribution in [0.3, 0.4) is 0 Å². The van der Waals surface area contributed by atoms with Crippen molar-refractivity contribution in [1.29, 1.82) is 0 Å². The van der Waals surface area contributed by atoms with Crippen molar-refractivity contribution >= 4 is 17.0 Å². The molecule has 1 aliphatic heterocycles. The number of hydrogen-bond donors (Lipinski definition) is 0. The maximum Gasteiger partial charge on any atom is 0.257 e. The third-order valence-corrected chi connectivity index (χ3v) is 4.81. The van der Waals surface area contributed by atoms with E-state index in [0.717, 1.165) is 49.0 Å². The minimum Gasteiger partial charge on any atom is -0.336 e. The summed E-state index contributed by atoms with van der Waals surface area (Å²) in [6.07, 6.45) is 8.61. The van der Waals surface area contributed by atoms with Gasteiger partial charge in [0.2, 0.25) is 0 Å². The molecule has 1 saturated heterocycles. The van der Waals surface area contributed by atoms with Crippen molar-refractivity contribution < 1.29 is 9.32 Å². The Kier molecular flexibility index (Phi) is 3.99. The molecule has 0 bridgehead atoms. The number of pyridine rings is 1. The largest absolute Gasteiger partial charge is 0.336 e. The molecule has 0 saturated carbocycles. The molecule has 7 nitrogen and oxygen atoms in total. The number of amides is 1. The van der Waals surface area contributed by atoms with E-state index in [-0.39, 0.29) is 11.9 Å². The molecule has 0 radical (unpaired) electrons. The maximum atomic E-state index is 13.1. The van der Waals surface area contributed by atoms with Gasteiger partial charge in [-0.3, -0.25) is 9.48 Å². The molecule has 25 heavy (non-hydrogen) atoms. The van der Waals surface area contributed by atoms with Gasteiger partial charge in [0.25, 0.3) is 11.6 Å². The lowest BCUT2D eigenvalue weighted by molar-refractivity contribution is 0.0583. The summed E-state index contributed by atoms with van der Waals surface area (Å²) in [6.45, 7) is 5.37. The summed E-state index contributed by atoms with van der Waals surface area (Å²) in [7, 11) is 0. The Hall–Kier alpha value is -2.70. The summed E-state index contributed by atoms with van der Waals surface area (Å²) < 4.78 is 7.06. The van der Waals surface area contributed by atoms with Gasteiger partial charge in [0.15, 0.2) is 0 Å². The van der Waals surface area contributed by atoms with Crippen LogP contribution in [-0.2, 0) is 6.54 Å². The molecule has 130 valence electrons. The number of aromatic nitrogens is 4. The monoisotopic (exact) mass is 339 g/mol. The van der Waals surface area contributed by atoms with Gasteiger partial charge in [0.1, 0.15) is 0 Å². The van der Waals surface area contributed by atoms with Crippen LogP contribution in [0.15, 0.2) is 29.2 Å². The highest BCUT2D eigenvalue weighted by Gasteiger charge is 2.28. The number of nitrogens with zero attached hydrogens (tertiary/aromatic N) is 5. The number of piperidine rings is 1. The first-order valence-corrected chi connectivity index (χ1v) is 8.64. The quantitative estimate of drug-likeness (QED) is 0.733. The van der Waals surface area contributed by atoms with E-state index in [1.54, 1.807) is 6.20 Å². The number of likely N-dealkylation sites (tertiary alicyclic amines) is 1. The van der Waals surface area contributed by atoms with E-state index in [1.165, 1.54) is 0 Å². The van der Waals surface area contributed by atoms with Gasteiger partial charge in [-0.25, -0.2) is 4.98 Å². The normalized spacial score (nSPS) is 18.0. The van der Waals surface area contributed by atoms with E-state index < -0.39 is 0 Å². The van der Waals surface area contributed by atoms with E-state index >= 15 is 0 Å². The van der Waals surface area contributed by atoms with Gasteiger partial charge in [-0.1, -0.05) is 5.16 Å². The van der Waals surface area contributed by atoms with Crippen molar-refractivity contribution in [3.63, 3.8) is 0 Å². The minimum absolute atomic E-state index is 0.0172. The highest BCUT2D eigenvalue weighted by Crippen LogP contribution is 2.23. The summed E-state index contributed by atoms with van der Waals surface area (Å²) in [5, 5.41) is 9.07. The fraction of sp³-hybridized carbons (Fsp3) is 0.444. The lowest BCUT2D eigenvalue weighted by Gasteiger charge is -2.35. The molecule has 1 atom stereocenters. The molecule has 1 fully saturated rings. The van der Waals surface area contributed by atoms with Crippen LogP contribution >= 0.6 is 0 Å². The topological polar surface area (TPSA) is 77.0 Å². The first-order chi connectivity index (χ1) is 12.1. The predicted molar refractivity (Wildman–Crippen MR) is 92.2 cm³/mol. The Morgan fingerprint density at radius 1 is 1.32 bits per heavy atom. The molecule has 1 aliphatic rings. The van der Waals surface area contributed by atoms with Crippen LogP contribution in [0, 0.1) is 13.8 Å². The third kappa shape index (κ3) is 3.01. The minimum atomic E-state index is 0.0172. The zero-order valence-electron chi connectivity index (χ0n) is 14.5. The Labute approximate surface area is 145 Å². The van der Waals surface area contributed by atoms with Crippen LogP contribution in [0.1, 0.15) is 40.9 Å². The van der Waals surface area contributed by atoms with Crippen molar-refractivity contribution in [3.8, 4) is 0 Å². The summed E-state index contributed by atoms with van der Waals surface area (Å²) >= 11 is 0. The molecule has 0 spiro atoms. The summed E-state index contributed by atoms with van der Waals surface area (Å²) in [6, 6.07) is 1.99. The fourth-order valence-corrected chi connectivity index (χ4v) is 3.47. The molecule has 3 aromatic heterocycles. The van der Waals surface area contributed by atoms with Crippen LogP contribution in [0.5, 0.6) is 0 Å². The van der Waals surface area contributed by atoms with Crippen molar-refractivity contribution in [2.24, 2.45) is 0 Å². The van der Waals surface area contributed by atoms with Gasteiger partial charge in [-0.05, 0) is 44.7 Å². The summed E-state index contributed by atoms with van der Waals surface area (Å²) in [5.74, 6) is 0.0172. The molecule has 1 amide bonds. The highest BCUT2D eigenvalue weighted by atomic mass is 16.5. The third-order valence-electron chi connectivity index (χ3n) is 4.81. The molecular formula is C18H21N5O2. The van der Waals surface area contributed by atoms with Crippen LogP contribution in [0.25, 0.3) is 11.1 Å². The number of carbonyl (C=O) groups excluding carboxylic acids is 1. The van der Waals surface area contributed by atoms with E-state index in [4.69, 9.17) is 4.52 Å². The Bertz CT molecular complexity index is 913. The van der Waals surface area contributed by atoms with Crippen molar-refractivity contribution in [3.05, 3.63) is 41.5 Å². The number of carbonyl (C=O) groups is 1. The molecule has 0 aromatic carbocycles. The standard InChI is InChI=1S/C18H21N5O2/c1-12-8-20-22(10-12)11-15-5-3-4-6-23(15)18(24)14-7-16-13(2)21-25-17(16)19-9-14/h7-10,15H,3-6,11H2,1-2H3/t15-/m0/s1. The van der Waals surface area contributed by atoms with Crippen molar-refractivity contribution in [2.45, 2.75) is 45.7 Å². The Balaban J connectivity index is 1.59. The zero-order valence-corrected chi connectivity index (χ0v) is 14.5. The fourth-order valence-electron chi connectivity index (χ4n) is 3.47. The van der Waals surface area contributed by atoms with Crippen LogP contribution in [0.4, 0.5) is 0 Å². The van der Waals surface area contributed by atoms with E-state index in [0.29, 0.717) is 11.3 Å². The van der Waals surface area contributed by atoms with Crippen LogP contribution in [-0.4, -0.2) is 43.3 Å². The van der Waals surface area contributed by atoms with Gasteiger partial charge >= 0.3 is 0 Å². The van der Waals surface area contributed by atoms with Gasteiger partial charge in [0, 0.05) is 18.9 Å². The second kappa shape index (κ2) is 6.31. The lowest BCUT2D eigenvalue weighted by atomic mass is 10.0. The second-order valence-electron chi connectivity index (χ2n) is 6.73. The number of rotatable bonds is 3. The van der Waals surface area contributed by atoms with E-state index in [9.17, 15) is 4.79 Å². The molecule has 4 rings (SSSR count). The lowest BCUT2D eigenvalue weighted by Crippen LogP contribution is -2.46. The molecule has 3 aromatic rings. The van der Waals surface area contributed by atoms with Crippen LogP contribution in [0.2, 0.25) is 0 Å². The summed E-state index contributed by atoms with van der Waals surface area (Å²) in [5.41, 5.74) is 2.93. The van der Waals surface area contributed by atoms with Gasteiger partial charge in [-0.15, -0.1) is 0 Å². The average Bonchev–Trinajstić information content (AvgIpc) is 3.20. The first kappa shape index (κ1) is 15.8. The number of hydrogen-bond acceptors (Lipinski definition) is 5. The molecular weight excluding hydrogens is 318 g/mol. The van der Waals surface area contributed by atoms with E-state index in [1.807, 2.05) is 41.9 Å². The zero-order chi connectivity index (χ0) is 17.4. The van der Waals surface area contributed by atoms with Gasteiger partial charge in [0.05, 0.1) is 35.4 Å². The maximum absolute atomic E-state index is 13.1. The summed E-state index contributed by atoms with van der Waals surface area (Å²) in [4.78, 5) is 19.3. The molecule has 4 heterocycles. The molecule has 0 aliphatic carbocycles. The Morgan fingerprint density at radius 3 is 3.00 bits per heavy atom. The smallest absolute Gasteiger partial charge is 0.257 e. The van der Waals surface area contributed by atoms with Gasteiger partial charge in [-0.2, -0.15) is 5.10 Å². The number of aryl methyl sites for hydroxylation is 2. The predicted octanol–water partition coefficient (Wildman–Crippen LogP) is 2.73. The Morgan fingerprint density at radius 2 is 2.20 bits per heavy atom. The molecule has 0 unspecified atom stereocenters. The highest BCUT2D eigenvalue weighted by molar-refractivity contribution is 5.97. The molecule has 7 heteroatoms. The SMILES string of the molecule is Cc1cnn(C[C@@H]2CCCCN2C(=O)c2cnc3onc(C)c3c2)c1. The first-order valence-electron chi connectivity index (χ1n) is 8.64. The van der Waals surface area contributed by atoms with Crippen molar-refractivity contribution in [1.82, 2.24) is 24.8 Å². The van der Waals surface area contributed by atoms with Gasteiger partial charge < -0.3 is 9.42 Å². The molecule has 0 N–H and O–H groups in total. The van der Waals surface area contributed by atoms with Crippen molar-refractivity contribution in [2.75, 3.05) is 6.54 Å². The van der Waals surface area contributed by atoms with E-state index in [2.05, 4.69) is 15.2 Å². The average molecular weight is 339 g/mol. The second-order valence-corrected chi connectivity index (χ2v) is 6.73. The number of fused-ring (bicyclic) bond motifs is 1.